The minimum absolute atomic E-state index is 0.540. The number of nitrogens with zero attached hydrogens (tertiary/aromatic N) is 2. The molecule has 0 radical (unpaired) electrons. The Morgan fingerprint density at radius 3 is 2.67 bits per heavy atom. The van der Waals surface area contributed by atoms with Crippen molar-refractivity contribution in [3.05, 3.63) is 57.4 Å². The van der Waals surface area contributed by atoms with Crippen molar-refractivity contribution in [3.63, 3.8) is 0 Å². The van der Waals surface area contributed by atoms with Crippen molar-refractivity contribution in [2.24, 2.45) is 0 Å². The van der Waals surface area contributed by atoms with Gasteiger partial charge in [0.05, 0.1) is 17.1 Å². The van der Waals surface area contributed by atoms with E-state index in [2.05, 4.69) is 48.1 Å². The highest BCUT2D eigenvalue weighted by Crippen LogP contribution is 2.19. The molecular weight excluding hydrogens is 302 g/mol. The van der Waals surface area contributed by atoms with E-state index in [4.69, 9.17) is 23.8 Å². The Morgan fingerprint density at radius 2 is 2.00 bits per heavy atom. The number of benzene rings is 1. The van der Waals surface area contributed by atoms with E-state index in [0.717, 1.165) is 11.2 Å². The summed E-state index contributed by atoms with van der Waals surface area (Å²) in [7, 11) is 0. The van der Waals surface area contributed by atoms with Crippen LogP contribution in [0.4, 0.5) is 0 Å². The third-order valence-electron chi connectivity index (χ3n) is 3.56. The lowest BCUT2D eigenvalue weighted by molar-refractivity contribution is 0.797. The van der Waals surface area contributed by atoms with E-state index < -0.39 is 0 Å². The second-order valence-corrected chi connectivity index (χ2v) is 6.26. The molecule has 0 bridgehead atoms. The average Bonchev–Trinajstić information content (AvgIpc) is 2.75. The Balaban J connectivity index is 1.98. The van der Waals surface area contributed by atoms with Gasteiger partial charge in [0.1, 0.15) is 0 Å². The fourth-order valence-corrected chi connectivity index (χ4v) is 2.77. The molecule has 3 nitrogen and oxygen atoms in total. The summed E-state index contributed by atoms with van der Waals surface area (Å²) < 4.78 is 2.65. The third kappa shape index (κ3) is 2.87. The van der Waals surface area contributed by atoms with Crippen molar-refractivity contribution in [2.45, 2.75) is 26.3 Å². The van der Waals surface area contributed by atoms with Crippen molar-refractivity contribution in [3.8, 4) is 0 Å². The lowest BCUT2D eigenvalue weighted by atomic mass is 10.0. The summed E-state index contributed by atoms with van der Waals surface area (Å²) in [6, 6.07) is 10.5. The van der Waals surface area contributed by atoms with Crippen molar-refractivity contribution in [1.82, 2.24) is 14.5 Å². The number of hydrogen-bond donors (Lipinski definition) is 1. The zero-order chi connectivity index (χ0) is 15.0. The van der Waals surface area contributed by atoms with Gasteiger partial charge in [-0.2, -0.15) is 0 Å². The van der Waals surface area contributed by atoms with Gasteiger partial charge >= 0.3 is 0 Å². The number of halogens is 1. The average molecular weight is 318 g/mol. The molecule has 0 fully saturated rings. The minimum Gasteiger partial charge on any atom is -0.329 e. The number of imidazole rings is 1. The molecule has 0 amide bonds. The smallest absolute Gasteiger partial charge is 0.179 e. The van der Waals surface area contributed by atoms with Crippen LogP contribution in [-0.4, -0.2) is 14.5 Å². The number of H-pyrrole nitrogens is 1. The summed E-state index contributed by atoms with van der Waals surface area (Å²) in [5.74, 6) is 0.540. The maximum absolute atomic E-state index is 5.96. The highest BCUT2D eigenvalue weighted by Gasteiger charge is 2.07. The number of hydrogen-bond acceptors (Lipinski definition) is 2. The Hall–Kier alpha value is -1.65. The Bertz CT molecular complexity index is 831. The Morgan fingerprint density at radius 1 is 1.29 bits per heavy atom. The van der Waals surface area contributed by atoms with Crippen molar-refractivity contribution in [2.75, 3.05) is 0 Å². The van der Waals surface area contributed by atoms with Crippen LogP contribution >= 0.6 is 23.8 Å². The summed E-state index contributed by atoms with van der Waals surface area (Å²) in [4.78, 5) is 7.53. The van der Waals surface area contributed by atoms with Gasteiger partial charge in [-0.3, -0.25) is 4.57 Å². The first kappa shape index (κ1) is 14.3. The van der Waals surface area contributed by atoms with E-state index in [-0.39, 0.29) is 0 Å². The van der Waals surface area contributed by atoms with Gasteiger partial charge in [-0.1, -0.05) is 49.7 Å². The van der Waals surface area contributed by atoms with Gasteiger partial charge in [0.15, 0.2) is 10.4 Å². The van der Waals surface area contributed by atoms with Crippen LogP contribution in [-0.2, 0) is 6.54 Å². The molecule has 2 heterocycles. The fourth-order valence-electron chi connectivity index (χ4n) is 2.36. The summed E-state index contributed by atoms with van der Waals surface area (Å²) in [5, 5.41) is 0.604. The summed E-state index contributed by atoms with van der Waals surface area (Å²) in [6.45, 7) is 5.09. The van der Waals surface area contributed by atoms with E-state index in [9.17, 15) is 0 Å². The van der Waals surface area contributed by atoms with E-state index in [0.29, 0.717) is 22.3 Å². The van der Waals surface area contributed by atoms with E-state index in [1.807, 2.05) is 10.6 Å². The zero-order valence-electron chi connectivity index (χ0n) is 11.9. The highest BCUT2D eigenvalue weighted by molar-refractivity contribution is 7.71. The first-order chi connectivity index (χ1) is 10.0. The molecule has 5 heteroatoms. The number of pyridine rings is 1. The second-order valence-electron chi connectivity index (χ2n) is 5.44. The minimum atomic E-state index is 0.540. The quantitative estimate of drug-likeness (QED) is 0.696. The normalized spacial score (nSPS) is 11.4. The predicted octanol–water partition coefficient (Wildman–Crippen LogP) is 4.92. The largest absolute Gasteiger partial charge is 0.329 e. The number of aromatic amines is 1. The van der Waals surface area contributed by atoms with Crippen LogP contribution in [0.25, 0.3) is 11.2 Å². The molecule has 0 spiro atoms. The van der Waals surface area contributed by atoms with Gasteiger partial charge < -0.3 is 4.98 Å². The molecule has 21 heavy (non-hydrogen) atoms. The molecule has 0 aliphatic rings. The van der Waals surface area contributed by atoms with Gasteiger partial charge in [-0.05, 0) is 35.3 Å². The van der Waals surface area contributed by atoms with Crippen LogP contribution in [0.15, 0.2) is 36.5 Å². The lowest BCUT2D eigenvalue weighted by Gasteiger charge is -2.08. The van der Waals surface area contributed by atoms with Gasteiger partial charge in [0.25, 0.3) is 0 Å². The Kier molecular flexibility index (Phi) is 3.83. The van der Waals surface area contributed by atoms with Crippen LogP contribution in [0, 0.1) is 4.77 Å². The molecule has 1 aromatic carbocycles. The van der Waals surface area contributed by atoms with E-state index in [1.165, 1.54) is 11.1 Å². The molecule has 0 aliphatic carbocycles. The maximum atomic E-state index is 5.96. The third-order valence-corrected chi connectivity index (χ3v) is 4.09. The number of nitrogens with one attached hydrogen (secondary N) is 1. The van der Waals surface area contributed by atoms with Gasteiger partial charge in [-0.15, -0.1) is 0 Å². The topological polar surface area (TPSA) is 33.6 Å². The molecule has 0 atom stereocenters. The maximum Gasteiger partial charge on any atom is 0.179 e. The van der Waals surface area contributed by atoms with Gasteiger partial charge in [0, 0.05) is 6.20 Å². The lowest BCUT2D eigenvalue weighted by Crippen LogP contribution is -2.01. The van der Waals surface area contributed by atoms with Crippen LogP contribution in [0.1, 0.15) is 30.9 Å². The molecule has 0 saturated carbocycles. The summed E-state index contributed by atoms with van der Waals surface area (Å²) >= 11 is 11.3. The van der Waals surface area contributed by atoms with Crippen LogP contribution in [0.5, 0.6) is 0 Å². The molecule has 108 valence electrons. The van der Waals surface area contributed by atoms with Gasteiger partial charge in [0.2, 0.25) is 0 Å². The summed E-state index contributed by atoms with van der Waals surface area (Å²) in [5.41, 5.74) is 4.24. The first-order valence-corrected chi connectivity index (χ1v) is 7.66. The first-order valence-electron chi connectivity index (χ1n) is 6.87. The predicted molar refractivity (Wildman–Crippen MR) is 89.6 cm³/mol. The van der Waals surface area contributed by atoms with Crippen molar-refractivity contribution < 1.29 is 0 Å². The zero-order valence-corrected chi connectivity index (χ0v) is 13.5. The van der Waals surface area contributed by atoms with Crippen LogP contribution in [0.2, 0.25) is 5.02 Å². The van der Waals surface area contributed by atoms with Crippen LogP contribution in [0.3, 0.4) is 0 Å². The molecule has 3 aromatic rings. The second kappa shape index (κ2) is 5.62. The Labute approximate surface area is 133 Å². The van der Waals surface area contributed by atoms with Gasteiger partial charge in [-0.25, -0.2) is 4.98 Å². The molecule has 1 N–H and O–H groups in total. The molecular formula is C16H16ClN3S. The number of aromatic nitrogens is 3. The summed E-state index contributed by atoms with van der Waals surface area (Å²) in [6.07, 6.45) is 1.64. The van der Waals surface area contributed by atoms with E-state index in [1.54, 1.807) is 6.20 Å². The van der Waals surface area contributed by atoms with Crippen LogP contribution < -0.4 is 0 Å². The van der Waals surface area contributed by atoms with Crippen molar-refractivity contribution in [1.29, 1.82) is 0 Å². The molecule has 3 rings (SSSR count). The number of fused-ring (bicyclic) bond motifs is 1. The molecule has 0 saturated heterocycles. The molecule has 0 unspecified atom stereocenters. The number of rotatable bonds is 3. The van der Waals surface area contributed by atoms with E-state index >= 15 is 0 Å². The SMILES string of the molecule is CC(C)c1ccc(Cn2c(=S)[nH]c3cc(Cl)cnc32)cc1. The monoisotopic (exact) mass is 317 g/mol. The highest BCUT2D eigenvalue weighted by atomic mass is 35.5. The fraction of sp³-hybridized carbons (Fsp3) is 0.250. The van der Waals surface area contributed by atoms with Crippen molar-refractivity contribution >= 4 is 35.0 Å². The molecule has 0 aliphatic heterocycles. The molecule has 2 aromatic heterocycles. The standard InChI is InChI=1S/C16H16ClN3S/c1-10(2)12-5-3-11(4-6-12)9-20-15-14(19-16(20)21)7-13(17)8-18-15/h3-8,10H,9H2,1-2H3,(H,19,21).